The second-order valence-electron chi connectivity index (χ2n) is 9.03. The van der Waals surface area contributed by atoms with Crippen molar-refractivity contribution in [1.29, 1.82) is 0 Å². The Morgan fingerprint density at radius 1 is 0.714 bits per heavy atom. The van der Waals surface area contributed by atoms with E-state index in [4.69, 9.17) is 0 Å². The normalized spacial score (nSPS) is 19.0. The van der Waals surface area contributed by atoms with Gasteiger partial charge in [-0.3, -0.25) is 0 Å². The van der Waals surface area contributed by atoms with Gasteiger partial charge in [0.15, 0.2) is 0 Å². The van der Waals surface area contributed by atoms with Gasteiger partial charge in [-0.15, -0.1) is 0 Å². The summed E-state index contributed by atoms with van der Waals surface area (Å²) in [5.74, 6) is -2.59. The standard InChI is InChI=1S/C27H23F7O/c1-16-2-4-17(5-3-16)18-6-8-19(9-7-18)20-14-23(28)25(24(29)15-20)27(33,34)35-22-12-10-21(11-13-22)26(30,31)32/h6-17H,2-5H2,1H3. The van der Waals surface area contributed by atoms with E-state index in [1.807, 2.05) is 12.1 Å². The van der Waals surface area contributed by atoms with Crippen LogP contribution in [0.5, 0.6) is 5.75 Å². The number of benzene rings is 3. The lowest BCUT2D eigenvalue weighted by Crippen LogP contribution is -2.25. The maximum Gasteiger partial charge on any atom is 0.432 e. The molecule has 3 aromatic carbocycles. The van der Waals surface area contributed by atoms with Crippen molar-refractivity contribution in [3.63, 3.8) is 0 Å². The zero-order chi connectivity index (χ0) is 25.4. The van der Waals surface area contributed by atoms with Crippen molar-refractivity contribution in [1.82, 2.24) is 0 Å². The van der Waals surface area contributed by atoms with Gasteiger partial charge in [0.05, 0.1) is 5.56 Å². The Balaban J connectivity index is 1.54. The molecule has 0 atom stereocenters. The Morgan fingerprint density at radius 3 is 1.77 bits per heavy atom. The van der Waals surface area contributed by atoms with Gasteiger partial charge in [0, 0.05) is 0 Å². The smallest absolute Gasteiger partial charge is 0.429 e. The van der Waals surface area contributed by atoms with Crippen LogP contribution < -0.4 is 4.74 Å². The summed E-state index contributed by atoms with van der Waals surface area (Å²) in [5.41, 5.74) is -1.00. The Labute approximate surface area is 198 Å². The summed E-state index contributed by atoms with van der Waals surface area (Å²) >= 11 is 0. The molecule has 0 N–H and O–H groups in total. The van der Waals surface area contributed by atoms with E-state index in [0.29, 0.717) is 41.7 Å². The van der Waals surface area contributed by atoms with Gasteiger partial charge < -0.3 is 4.74 Å². The molecule has 1 aliphatic rings. The molecular weight excluding hydrogens is 473 g/mol. The molecule has 1 saturated carbocycles. The quantitative estimate of drug-likeness (QED) is 0.320. The van der Waals surface area contributed by atoms with E-state index >= 15 is 0 Å². The van der Waals surface area contributed by atoms with Crippen LogP contribution in [0, 0.1) is 17.6 Å². The first-order valence-electron chi connectivity index (χ1n) is 11.3. The molecule has 4 rings (SSSR count). The number of ether oxygens (including phenoxy) is 1. The van der Waals surface area contributed by atoms with Gasteiger partial charge in [0.25, 0.3) is 0 Å². The van der Waals surface area contributed by atoms with E-state index in [1.54, 1.807) is 12.1 Å². The molecule has 0 unspecified atom stereocenters. The molecule has 0 saturated heterocycles. The van der Waals surface area contributed by atoms with Gasteiger partial charge in [-0.25, -0.2) is 8.78 Å². The highest BCUT2D eigenvalue weighted by molar-refractivity contribution is 5.64. The fourth-order valence-electron chi connectivity index (χ4n) is 4.47. The van der Waals surface area contributed by atoms with E-state index in [9.17, 15) is 30.7 Å². The van der Waals surface area contributed by atoms with E-state index in [-0.39, 0.29) is 5.56 Å². The first-order chi connectivity index (χ1) is 16.4. The van der Waals surface area contributed by atoms with Gasteiger partial charge in [0.2, 0.25) is 0 Å². The third-order valence-corrected chi connectivity index (χ3v) is 6.49. The zero-order valence-corrected chi connectivity index (χ0v) is 18.8. The molecule has 1 aliphatic carbocycles. The van der Waals surface area contributed by atoms with Crippen LogP contribution in [-0.2, 0) is 12.3 Å². The van der Waals surface area contributed by atoms with E-state index in [1.165, 1.54) is 0 Å². The number of rotatable bonds is 5. The highest BCUT2D eigenvalue weighted by Gasteiger charge is 2.41. The Kier molecular flexibility index (Phi) is 6.84. The van der Waals surface area contributed by atoms with Crippen LogP contribution in [0.3, 0.4) is 0 Å². The molecule has 0 spiro atoms. The fourth-order valence-corrected chi connectivity index (χ4v) is 4.47. The molecule has 0 amide bonds. The van der Waals surface area contributed by atoms with Gasteiger partial charge >= 0.3 is 12.3 Å². The van der Waals surface area contributed by atoms with Gasteiger partial charge in [-0.2, -0.15) is 22.0 Å². The Morgan fingerprint density at radius 2 is 1.26 bits per heavy atom. The van der Waals surface area contributed by atoms with Crippen LogP contribution in [0.1, 0.15) is 55.2 Å². The number of halogens is 7. The molecule has 0 heterocycles. The lowest BCUT2D eigenvalue weighted by Gasteiger charge is -2.26. The van der Waals surface area contributed by atoms with Crippen LogP contribution in [0.4, 0.5) is 30.7 Å². The molecule has 0 bridgehead atoms. The number of hydrogen-bond donors (Lipinski definition) is 0. The van der Waals surface area contributed by atoms with Crippen molar-refractivity contribution in [2.45, 2.75) is 50.8 Å². The zero-order valence-electron chi connectivity index (χ0n) is 18.8. The minimum atomic E-state index is -4.66. The highest BCUT2D eigenvalue weighted by atomic mass is 19.4. The van der Waals surface area contributed by atoms with Crippen LogP contribution in [0.25, 0.3) is 11.1 Å². The van der Waals surface area contributed by atoms with Crippen molar-refractivity contribution < 1.29 is 35.5 Å². The van der Waals surface area contributed by atoms with Gasteiger partial charge in [-0.1, -0.05) is 44.0 Å². The molecule has 0 aliphatic heterocycles. The van der Waals surface area contributed by atoms with Crippen molar-refractivity contribution in [3.05, 3.63) is 89.0 Å². The average molecular weight is 496 g/mol. The highest BCUT2D eigenvalue weighted by Crippen LogP contribution is 2.39. The molecule has 3 aromatic rings. The second kappa shape index (κ2) is 9.55. The molecule has 186 valence electrons. The summed E-state index contributed by atoms with van der Waals surface area (Å²) in [6.45, 7) is 2.23. The predicted molar refractivity (Wildman–Crippen MR) is 118 cm³/mol. The summed E-state index contributed by atoms with van der Waals surface area (Å²) < 4.78 is 101. The van der Waals surface area contributed by atoms with Gasteiger partial charge in [0.1, 0.15) is 22.9 Å². The fraction of sp³-hybridized carbons (Fsp3) is 0.333. The first-order valence-corrected chi connectivity index (χ1v) is 11.3. The van der Waals surface area contributed by atoms with Crippen LogP contribution in [-0.4, -0.2) is 0 Å². The summed E-state index contributed by atoms with van der Waals surface area (Å²) in [6, 6.07) is 11.2. The van der Waals surface area contributed by atoms with E-state index in [0.717, 1.165) is 43.4 Å². The topological polar surface area (TPSA) is 9.23 Å². The summed E-state index contributed by atoms with van der Waals surface area (Å²) in [7, 11) is 0. The first kappa shape index (κ1) is 25.1. The third-order valence-electron chi connectivity index (χ3n) is 6.49. The Bertz CT molecular complexity index is 1140. The van der Waals surface area contributed by atoms with Crippen molar-refractivity contribution in [2.24, 2.45) is 5.92 Å². The third kappa shape index (κ3) is 5.63. The monoisotopic (exact) mass is 496 g/mol. The molecule has 1 nitrogen and oxygen atoms in total. The van der Waals surface area contributed by atoms with E-state index < -0.39 is 40.8 Å². The molecule has 1 fully saturated rings. The molecular formula is C27H23F7O. The maximum atomic E-state index is 14.7. The summed E-state index contributed by atoms with van der Waals surface area (Å²) in [5, 5.41) is 0. The van der Waals surface area contributed by atoms with Crippen molar-refractivity contribution in [3.8, 4) is 16.9 Å². The van der Waals surface area contributed by atoms with Crippen molar-refractivity contribution in [2.75, 3.05) is 0 Å². The van der Waals surface area contributed by atoms with E-state index in [2.05, 4.69) is 11.7 Å². The molecule has 8 heteroatoms. The minimum Gasteiger partial charge on any atom is -0.429 e. The molecule has 35 heavy (non-hydrogen) atoms. The predicted octanol–water partition coefficient (Wildman–Crippen LogP) is 9.07. The molecule has 0 radical (unpaired) electrons. The van der Waals surface area contributed by atoms with Crippen LogP contribution in [0.2, 0.25) is 0 Å². The SMILES string of the molecule is CC1CCC(c2ccc(-c3cc(F)c(C(F)(F)Oc4ccc(C(F)(F)F)cc4)c(F)c3)cc2)CC1. The Hall–Kier alpha value is -3.03. The van der Waals surface area contributed by atoms with Crippen LogP contribution in [0.15, 0.2) is 60.7 Å². The van der Waals surface area contributed by atoms with Gasteiger partial charge in [-0.05, 0) is 77.8 Å². The summed E-state index contributed by atoms with van der Waals surface area (Å²) in [4.78, 5) is 0. The summed E-state index contributed by atoms with van der Waals surface area (Å²) in [6.07, 6.45) is -4.67. The minimum absolute atomic E-state index is 0.0814. The second-order valence-corrected chi connectivity index (χ2v) is 9.03. The maximum absolute atomic E-state index is 14.7. The number of alkyl halides is 5. The lowest BCUT2D eigenvalue weighted by molar-refractivity contribution is -0.189. The largest absolute Gasteiger partial charge is 0.432 e. The molecule has 0 aromatic heterocycles. The van der Waals surface area contributed by atoms with Crippen molar-refractivity contribution >= 4 is 0 Å². The average Bonchev–Trinajstić information content (AvgIpc) is 2.78. The van der Waals surface area contributed by atoms with Crippen LogP contribution >= 0.6 is 0 Å². The lowest BCUT2D eigenvalue weighted by atomic mass is 9.79. The number of hydrogen-bond acceptors (Lipinski definition) is 1.